The maximum atomic E-state index is 13.5. The number of aliphatic hydroxyl groups is 4. The van der Waals surface area contributed by atoms with Crippen molar-refractivity contribution in [3.05, 3.63) is 123 Å². The number of nitrogens with zero attached hydrogens (tertiary/aromatic N) is 2. The summed E-state index contributed by atoms with van der Waals surface area (Å²) < 4.78 is 17.8. The van der Waals surface area contributed by atoms with Crippen LogP contribution in [0.25, 0.3) is 6.08 Å². The summed E-state index contributed by atoms with van der Waals surface area (Å²) in [6.45, 7) is 7.33. The van der Waals surface area contributed by atoms with Crippen molar-refractivity contribution in [1.82, 2.24) is 9.97 Å². The van der Waals surface area contributed by atoms with Gasteiger partial charge in [-0.15, -0.1) is 22.7 Å². The number of hydrogen-bond acceptors (Lipinski definition) is 13. The lowest BCUT2D eigenvalue weighted by Gasteiger charge is -2.36. The molecule has 0 aromatic carbocycles. The summed E-state index contributed by atoms with van der Waals surface area (Å²) in [6, 6.07) is 0. The van der Waals surface area contributed by atoms with Crippen molar-refractivity contribution in [2.24, 2.45) is 22.7 Å². The van der Waals surface area contributed by atoms with E-state index in [1.165, 1.54) is 22.7 Å². The zero-order chi connectivity index (χ0) is 42.8. The summed E-state index contributed by atoms with van der Waals surface area (Å²) in [7, 11) is 1.60. The van der Waals surface area contributed by atoms with Crippen LogP contribution in [0.1, 0.15) is 90.8 Å². The summed E-state index contributed by atoms with van der Waals surface area (Å²) in [6.07, 6.45) is 29.2. The first kappa shape index (κ1) is 47.6. The van der Waals surface area contributed by atoms with Gasteiger partial charge < -0.3 is 34.6 Å². The van der Waals surface area contributed by atoms with Gasteiger partial charge in [-0.3, -0.25) is 0 Å². The number of cyclic esters (lactones) is 2. The molecule has 0 radical (unpaired) electrons. The van der Waals surface area contributed by atoms with E-state index in [2.05, 4.69) is 22.1 Å². The number of aromatic nitrogens is 2. The Labute approximate surface area is 356 Å². The highest BCUT2D eigenvalue weighted by Crippen LogP contribution is 2.41. The van der Waals surface area contributed by atoms with Gasteiger partial charge in [0.1, 0.15) is 17.2 Å². The maximum absolute atomic E-state index is 13.5. The summed E-state index contributed by atoms with van der Waals surface area (Å²) in [5.41, 5.74) is -1.34. The number of aliphatic hydroxyl groups excluding tert-OH is 4. The third-order valence-electron chi connectivity index (χ3n) is 10.6. The van der Waals surface area contributed by atoms with E-state index >= 15 is 0 Å². The lowest BCUT2D eigenvalue weighted by Crippen LogP contribution is -2.42. The molecule has 0 saturated heterocycles. The molecule has 0 amide bonds. The highest BCUT2D eigenvalue weighted by Gasteiger charge is 2.40. The quantitative estimate of drug-likeness (QED) is 0.129. The van der Waals surface area contributed by atoms with E-state index in [9.17, 15) is 30.0 Å². The molecule has 1 aliphatic carbocycles. The number of rotatable bonds is 11. The maximum Gasteiger partial charge on any atom is 0.358 e. The van der Waals surface area contributed by atoms with Crippen LogP contribution in [0.2, 0.25) is 0 Å². The van der Waals surface area contributed by atoms with E-state index < -0.39 is 47.2 Å². The predicted molar refractivity (Wildman–Crippen MR) is 234 cm³/mol. The third kappa shape index (κ3) is 14.9. The van der Waals surface area contributed by atoms with Crippen LogP contribution < -0.4 is 0 Å². The average Bonchev–Trinajstić information content (AvgIpc) is 3.52. The zero-order valence-corrected chi connectivity index (χ0v) is 36.3. The number of esters is 2. The Hall–Kier alpha value is -4.08. The molecule has 1 saturated carbocycles. The van der Waals surface area contributed by atoms with E-state index in [-0.39, 0.29) is 30.7 Å². The number of ether oxygens (including phenoxy) is 3. The number of hydrogen-bond donors (Lipinski definition) is 4. The monoisotopic (exact) mass is 848 g/mol. The first-order valence-electron chi connectivity index (χ1n) is 20.1. The van der Waals surface area contributed by atoms with Crippen molar-refractivity contribution in [2.45, 2.75) is 96.7 Å². The highest BCUT2D eigenvalue weighted by molar-refractivity contribution is 7.10. The van der Waals surface area contributed by atoms with Crippen molar-refractivity contribution in [2.75, 3.05) is 20.3 Å². The van der Waals surface area contributed by atoms with Gasteiger partial charge in [0.05, 0.1) is 23.3 Å². The van der Waals surface area contributed by atoms with Crippen molar-refractivity contribution < 1.29 is 44.2 Å². The third-order valence-corrected chi connectivity index (χ3v) is 12.2. The molecule has 11 nitrogen and oxygen atoms in total. The van der Waals surface area contributed by atoms with Crippen molar-refractivity contribution >= 4 is 40.7 Å². The largest absolute Gasteiger partial charge is 0.457 e. The number of methoxy groups -OCH3 is 1. The Balaban J connectivity index is 1.58. The standard InChI is InChI=1S/C46H60N2O9S2/c1-45(2,37(51)21-13-15-26-49)39-23-10-8-6-7-9-20-34(55-5)29-42-48-36(31-59-42)44(54)57-40(46(3,4)38(52)22-14-16-27-50)24-17-19-33-28-32(33)18-11-12-25-41-47-35(30-58-41)43(53)56-39/h6-14,17-22,25,30-34,37-40,49-52H,15-16,23-24,26-29H2,1-5H3/b7-6-,10-8-,18-11+,19-17-,20-9+,21-13+,22-14+,25-12-/t32-,33+,34+,37+,38+,39+,40+/m1/s1. The van der Waals surface area contributed by atoms with Crippen LogP contribution in [-0.2, 0) is 20.6 Å². The van der Waals surface area contributed by atoms with Gasteiger partial charge in [-0.2, -0.15) is 0 Å². The second-order valence-corrected chi connectivity index (χ2v) is 17.6. The molecular weight excluding hydrogens is 789 g/mol. The fourth-order valence-corrected chi connectivity index (χ4v) is 7.72. The SMILES string of the molecule is CO[C@H]1/C=C/C=C\C=C/C[C@@H](C(C)(C)[C@@H](O)/C=C/CCO)OC(=O)c2csc(n2)/C=C\C=C\[C@@H]2C[C@@H]2/C=C\C[C@@H](C(C)(C)[C@@H](O)/C=C/CCO)OC(=O)c2csc(n2)C1. The van der Waals surface area contributed by atoms with Crippen LogP contribution in [0.3, 0.4) is 0 Å². The number of allylic oxidation sites excluding steroid dienone is 8. The molecule has 2 aromatic rings. The normalized spacial score (nSPS) is 27.2. The summed E-state index contributed by atoms with van der Waals surface area (Å²) in [5, 5.41) is 45.3. The molecule has 7 atom stereocenters. The molecule has 4 N–H and O–H groups in total. The van der Waals surface area contributed by atoms with Crippen molar-refractivity contribution in [1.29, 1.82) is 0 Å². The molecule has 4 rings (SSSR count). The minimum atomic E-state index is -0.941. The Morgan fingerprint density at radius 3 is 1.95 bits per heavy atom. The molecule has 0 unspecified atom stereocenters. The van der Waals surface area contributed by atoms with Gasteiger partial charge in [0, 0.05) is 61.2 Å². The van der Waals surface area contributed by atoms with Crippen LogP contribution in [0.15, 0.2) is 102 Å². The van der Waals surface area contributed by atoms with E-state index in [1.807, 2.05) is 88.5 Å². The fourth-order valence-electron chi connectivity index (χ4n) is 6.22. The Morgan fingerprint density at radius 1 is 0.763 bits per heavy atom. The average molecular weight is 849 g/mol. The second kappa shape index (κ2) is 23.6. The molecule has 320 valence electrons. The van der Waals surface area contributed by atoms with E-state index in [0.29, 0.717) is 54.0 Å². The molecule has 1 fully saturated rings. The van der Waals surface area contributed by atoms with Crippen LogP contribution in [0, 0.1) is 22.7 Å². The lowest BCUT2D eigenvalue weighted by molar-refractivity contribution is -0.0461. The zero-order valence-electron chi connectivity index (χ0n) is 34.6. The molecular formula is C46H60N2O9S2. The minimum absolute atomic E-state index is 0.0288. The molecule has 4 bridgehead atoms. The van der Waals surface area contributed by atoms with Gasteiger partial charge >= 0.3 is 11.9 Å². The summed E-state index contributed by atoms with van der Waals surface area (Å²) in [4.78, 5) is 35.9. The Morgan fingerprint density at radius 2 is 1.32 bits per heavy atom. The molecule has 59 heavy (non-hydrogen) atoms. The van der Waals surface area contributed by atoms with Gasteiger partial charge in [-0.05, 0) is 37.2 Å². The Bertz CT molecular complexity index is 1880. The number of carbonyl (C=O) groups is 2. The first-order valence-corrected chi connectivity index (χ1v) is 21.8. The first-order chi connectivity index (χ1) is 28.3. The van der Waals surface area contributed by atoms with Crippen molar-refractivity contribution in [3.8, 4) is 0 Å². The highest BCUT2D eigenvalue weighted by atomic mass is 32.1. The van der Waals surface area contributed by atoms with Gasteiger partial charge in [0.2, 0.25) is 0 Å². The molecule has 0 spiro atoms. The number of fused-ring (bicyclic) bond motifs is 5. The molecule has 2 aliphatic rings. The number of carbonyl (C=O) groups excluding carboxylic acids is 2. The van der Waals surface area contributed by atoms with E-state index in [1.54, 1.807) is 42.2 Å². The van der Waals surface area contributed by atoms with Crippen molar-refractivity contribution in [3.63, 3.8) is 0 Å². The topological polar surface area (TPSA) is 169 Å². The smallest absolute Gasteiger partial charge is 0.358 e. The van der Waals surface area contributed by atoms with Gasteiger partial charge in [-0.1, -0.05) is 119 Å². The Kier molecular flexibility index (Phi) is 19.1. The van der Waals surface area contributed by atoms with Crippen LogP contribution in [0.4, 0.5) is 0 Å². The molecule has 1 aliphatic heterocycles. The summed E-state index contributed by atoms with van der Waals surface area (Å²) >= 11 is 2.68. The molecule has 2 aromatic heterocycles. The molecule has 13 heteroatoms. The molecule has 3 heterocycles. The second-order valence-electron chi connectivity index (χ2n) is 15.8. The lowest BCUT2D eigenvalue weighted by atomic mass is 9.78. The van der Waals surface area contributed by atoms with E-state index in [0.717, 1.165) is 6.42 Å². The predicted octanol–water partition coefficient (Wildman–Crippen LogP) is 7.78. The van der Waals surface area contributed by atoms with Gasteiger partial charge in [0.25, 0.3) is 0 Å². The number of thiazole rings is 2. The summed E-state index contributed by atoms with van der Waals surface area (Å²) in [5.74, 6) is -0.475. The van der Waals surface area contributed by atoms with Gasteiger partial charge in [0.15, 0.2) is 11.4 Å². The minimum Gasteiger partial charge on any atom is -0.457 e. The van der Waals surface area contributed by atoms with E-state index in [4.69, 9.17) is 14.2 Å². The van der Waals surface area contributed by atoms with Gasteiger partial charge in [-0.25, -0.2) is 19.6 Å². The fraction of sp³-hybridized carbons (Fsp3) is 0.478. The van der Waals surface area contributed by atoms with Crippen LogP contribution >= 0.6 is 22.7 Å². The van der Waals surface area contributed by atoms with Crippen LogP contribution in [-0.4, -0.2) is 93.2 Å². The van der Waals surface area contributed by atoms with Crippen LogP contribution in [0.5, 0.6) is 0 Å².